The van der Waals surface area contributed by atoms with Crippen LogP contribution in [0.4, 0.5) is 0 Å². The Morgan fingerprint density at radius 2 is 2.00 bits per heavy atom. The SMILES string of the molecule is NCCc1nnc(CCC2CCCCO2)o1. The largest absolute Gasteiger partial charge is 0.425 e. The van der Waals surface area contributed by atoms with Crippen molar-refractivity contribution in [1.29, 1.82) is 0 Å². The number of ether oxygens (including phenoxy) is 1. The molecule has 90 valence electrons. The fourth-order valence-electron chi connectivity index (χ4n) is 1.93. The Balaban J connectivity index is 1.75. The predicted octanol–water partition coefficient (Wildman–Crippen LogP) is 1.07. The molecule has 0 aromatic carbocycles. The highest BCUT2D eigenvalue weighted by atomic mass is 16.5. The number of aryl methyl sites for hydroxylation is 1. The molecule has 5 heteroatoms. The highest BCUT2D eigenvalue weighted by Gasteiger charge is 2.15. The van der Waals surface area contributed by atoms with Gasteiger partial charge in [0.15, 0.2) is 0 Å². The van der Waals surface area contributed by atoms with E-state index in [1.165, 1.54) is 12.8 Å². The van der Waals surface area contributed by atoms with Crippen LogP contribution in [0.3, 0.4) is 0 Å². The minimum absolute atomic E-state index is 0.374. The van der Waals surface area contributed by atoms with Crippen molar-refractivity contribution in [2.24, 2.45) is 5.73 Å². The summed E-state index contributed by atoms with van der Waals surface area (Å²) in [4.78, 5) is 0. The Morgan fingerprint density at radius 1 is 1.19 bits per heavy atom. The first kappa shape index (κ1) is 11.5. The second-order valence-electron chi connectivity index (χ2n) is 4.16. The molecule has 0 radical (unpaired) electrons. The van der Waals surface area contributed by atoms with Crippen molar-refractivity contribution in [3.8, 4) is 0 Å². The maximum Gasteiger partial charge on any atom is 0.217 e. The van der Waals surface area contributed by atoms with Gasteiger partial charge in [-0.1, -0.05) is 0 Å². The van der Waals surface area contributed by atoms with Crippen molar-refractivity contribution in [2.75, 3.05) is 13.2 Å². The molecule has 0 saturated carbocycles. The van der Waals surface area contributed by atoms with Gasteiger partial charge < -0.3 is 14.9 Å². The fourth-order valence-corrected chi connectivity index (χ4v) is 1.93. The zero-order chi connectivity index (χ0) is 11.2. The molecule has 2 N–H and O–H groups in total. The van der Waals surface area contributed by atoms with E-state index in [1.54, 1.807) is 0 Å². The Morgan fingerprint density at radius 3 is 2.69 bits per heavy atom. The molecule has 0 spiro atoms. The van der Waals surface area contributed by atoms with Crippen molar-refractivity contribution < 1.29 is 9.15 Å². The molecule has 1 aromatic heterocycles. The average molecular weight is 225 g/mol. The zero-order valence-electron chi connectivity index (χ0n) is 9.52. The van der Waals surface area contributed by atoms with Gasteiger partial charge in [0.05, 0.1) is 6.10 Å². The van der Waals surface area contributed by atoms with Gasteiger partial charge in [-0.25, -0.2) is 0 Å². The van der Waals surface area contributed by atoms with E-state index < -0.39 is 0 Å². The molecule has 1 aromatic rings. The molecule has 1 saturated heterocycles. The minimum Gasteiger partial charge on any atom is -0.425 e. The molecule has 0 bridgehead atoms. The molecular formula is C11H19N3O2. The number of nitrogens with two attached hydrogens (primary N) is 1. The highest BCUT2D eigenvalue weighted by molar-refractivity contribution is 4.83. The zero-order valence-corrected chi connectivity index (χ0v) is 9.52. The topological polar surface area (TPSA) is 74.2 Å². The second kappa shape index (κ2) is 5.96. The molecule has 16 heavy (non-hydrogen) atoms. The lowest BCUT2D eigenvalue weighted by atomic mass is 10.0. The molecule has 5 nitrogen and oxygen atoms in total. The number of hydrogen-bond donors (Lipinski definition) is 1. The van der Waals surface area contributed by atoms with E-state index in [-0.39, 0.29) is 0 Å². The summed E-state index contributed by atoms with van der Waals surface area (Å²) < 4.78 is 11.1. The van der Waals surface area contributed by atoms with Crippen LogP contribution in [0, 0.1) is 0 Å². The molecule has 0 amide bonds. The third-order valence-electron chi connectivity index (χ3n) is 2.82. The van der Waals surface area contributed by atoms with Crippen molar-refractivity contribution in [2.45, 2.75) is 44.6 Å². The maximum atomic E-state index is 5.64. The van der Waals surface area contributed by atoms with E-state index in [0.717, 1.165) is 25.9 Å². The first-order valence-electron chi connectivity index (χ1n) is 6.01. The van der Waals surface area contributed by atoms with Crippen LogP contribution in [0.2, 0.25) is 0 Å². The number of rotatable bonds is 5. The van der Waals surface area contributed by atoms with Gasteiger partial charge in [-0.3, -0.25) is 0 Å². The van der Waals surface area contributed by atoms with Crippen molar-refractivity contribution in [3.63, 3.8) is 0 Å². The predicted molar refractivity (Wildman–Crippen MR) is 59.0 cm³/mol. The van der Waals surface area contributed by atoms with E-state index >= 15 is 0 Å². The van der Waals surface area contributed by atoms with Crippen LogP contribution >= 0.6 is 0 Å². The van der Waals surface area contributed by atoms with E-state index in [4.69, 9.17) is 14.9 Å². The van der Waals surface area contributed by atoms with Gasteiger partial charge in [0.25, 0.3) is 0 Å². The summed E-state index contributed by atoms with van der Waals surface area (Å²) in [6.07, 6.45) is 6.44. The van der Waals surface area contributed by atoms with Gasteiger partial charge in [0.2, 0.25) is 11.8 Å². The highest BCUT2D eigenvalue weighted by Crippen LogP contribution is 2.17. The van der Waals surface area contributed by atoms with Crippen molar-refractivity contribution in [3.05, 3.63) is 11.8 Å². The molecule has 2 heterocycles. The van der Waals surface area contributed by atoms with Crippen LogP contribution in [0.5, 0.6) is 0 Å². The number of hydrogen-bond acceptors (Lipinski definition) is 5. The van der Waals surface area contributed by atoms with Crippen LogP contribution in [0.15, 0.2) is 4.42 Å². The molecule has 0 aliphatic carbocycles. The summed E-state index contributed by atoms with van der Waals surface area (Å²) in [5, 5.41) is 7.92. The molecule has 1 atom stereocenters. The monoisotopic (exact) mass is 225 g/mol. The molecular weight excluding hydrogens is 206 g/mol. The summed E-state index contributed by atoms with van der Waals surface area (Å²) in [5.41, 5.74) is 5.41. The van der Waals surface area contributed by atoms with Gasteiger partial charge >= 0.3 is 0 Å². The van der Waals surface area contributed by atoms with Gasteiger partial charge in [0.1, 0.15) is 0 Å². The van der Waals surface area contributed by atoms with Crippen LogP contribution in [-0.2, 0) is 17.6 Å². The van der Waals surface area contributed by atoms with Gasteiger partial charge in [-0.15, -0.1) is 10.2 Å². The standard InChI is InChI=1S/C11H19N3O2/c12-7-6-11-14-13-10(16-11)5-4-9-3-1-2-8-15-9/h9H,1-8,12H2. The summed E-state index contributed by atoms with van der Waals surface area (Å²) in [6.45, 7) is 1.44. The van der Waals surface area contributed by atoms with E-state index in [9.17, 15) is 0 Å². The third-order valence-corrected chi connectivity index (χ3v) is 2.82. The third kappa shape index (κ3) is 3.28. The molecule has 1 aliphatic rings. The summed E-state index contributed by atoms with van der Waals surface area (Å²) in [6, 6.07) is 0. The van der Waals surface area contributed by atoms with Crippen LogP contribution in [-0.4, -0.2) is 29.5 Å². The van der Waals surface area contributed by atoms with E-state index in [1.807, 2.05) is 0 Å². The van der Waals surface area contributed by atoms with E-state index in [2.05, 4.69) is 10.2 Å². The smallest absolute Gasteiger partial charge is 0.217 e. The number of aromatic nitrogens is 2. The number of nitrogens with zero attached hydrogens (tertiary/aromatic N) is 2. The Hall–Kier alpha value is -0.940. The molecule has 1 unspecified atom stereocenters. The first-order chi connectivity index (χ1) is 7.88. The average Bonchev–Trinajstić information content (AvgIpc) is 2.76. The van der Waals surface area contributed by atoms with Crippen LogP contribution in [0.25, 0.3) is 0 Å². The van der Waals surface area contributed by atoms with Crippen LogP contribution in [0.1, 0.15) is 37.5 Å². The first-order valence-corrected chi connectivity index (χ1v) is 6.01. The van der Waals surface area contributed by atoms with Gasteiger partial charge in [0, 0.05) is 26.0 Å². The second-order valence-corrected chi connectivity index (χ2v) is 4.16. The molecule has 2 rings (SSSR count). The minimum atomic E-state index is 0.374. The van der Waals surface area contributed by atoms with Crippen molar-refractivity contribution >= 4 is 0 Å². The van der Waals surface area contributed by atoms with Crippen LogP contribution < -0.4 is 5.73 Å². The summed E-state index contributed by atoms with van der Waals surface area (Å²) >= 11 is 0. The molecule has 1 aliphatic heterocycles. The van der Waals surface area contributed by atoms with Crippen molar-refractivity contribution in [1.82, 2.24) is 10.2 Å². The lowest BCUT2D eigenvalue weighted by Crippen LogP contribution is -2.19. The fraction of sp³-hybridized carbons (Fsp3) is 0.818. The lowest BCUT2D eigenvalue weighted by molar-refractivity contribution is 0.0105. The normalized spacial score (nSPS) is 21.2. The summed E-state index contributed by atoms with van der Waals surface area (Å²) in [5.74, 6) is 1.35. The quantitative estimate of drug-likeness (QED) is 0.811. The molecule has 1 fully saturated rings. The Labute approximate surface area is 95.4 Å². The lowest BCUT2D eigenvalue weighted by Gasteiger charge is -2.21. The maximum absolute atomic E-state index is 5.64. The van der Waals surface area contributed by atoms with Gasteiger partial charge in [-0.05, 0) is 25.7 Å². The van der Waals surface area contributed by atoms with Gasteiger partial charge in [-0.2, -0.15) is 0 Å². The van der Waals surface area contributed by atoms with E-state index in [0.29, 0.717) is 30.9 Å². The Bertz CT molecular complexity index is 308. The summed E-state index contributed by atoms with van der Waals surface area (Å²) in [7, 11) is 0. The Kier molecular flexibility index (Phi) is 4.30.